The molecule has 0 amide bonds. The first-order chi connectivity index (χ1) is 11.1. The summed E-state index contributed by atoms with van der Waals surface area (Å²) < 4.78 is 15.5. The molecule has 0 saturated heterocycles. The quantitative estimate of drug-likeness (QED) is 0.338. The van der Waals surface area contributed by atoms with Crippen LogP contribution in [0, 0.1) is 10.1 Å². The minimum atomic E-state index is -0.471. The molecule has 7 heteroatoms. The van der Waals surface area contributed by atoms with Gasteiger partial charge in [-0.15, -0.1) is 0 Å². The Labute approximate surface area is 132 Å². The molecule has 0 unspecified atom stereocenters. The van der Waals surface area contributed by atoms with Crippen LogP contribution in [0.4, 0.5) is 5.69 Å². The predicted octanol–water partition coefficient (Wildman–Crippen LogP) is 2.84. The van der Waals surface area contributed by atoms with Crippen molar-refractivity contribution >= 4 is 11.7 Å². The van der Waals surface area contributed by atoms with Crippen LogP contribution < -0.4 is 9.47 Å². The minimum Gasteiger partial charge on any atom is -0.490 e. The van der Waals surface area contributed by atoms with Crippen molar-refractivity contribution in [2.45, 2.75) is 0 Å². The number of non-ortho nitro benzene ring substituents is 1. The van der Waals surface area contributed by atoms with Crippen LogP contribution in [0.25, 0.3) is 0 Å². The number of ether oxygens (including phenoxy) is 3. The molecule has 0 aliphatic rings. The lowest BCUT2D eigenvalue weighted by Gasteiger charge is -2.09. The maximum absolute atomic E-state index is 11.4. The molecule has 0 bridgehead atoms. The molecular weight excluding hydrogens is 302 g/mol. The summed E-state index contributed by atoms with van der Waals surface area (Å²) in [6, 6.07) is 12.4. The van der Waals surface area contributed by atoms with Gasteiger partial charge in [0.2, 0.25) is 0 Å². The van der Waals surface area contributed by atoms with E-state index in [1.54, 1.807) is 24.3 Å². The Morgan fingerprint density at radius 2 is 1.70 bits per heavy atom. The highest BCUT2D eigenvalue weighted by Crippen LogP contribution is 2.17. The van der Waals surface area contributed by atoms with Gasteiger partial charge < -0.3 is 14.2 Å². The molecule has 0 saturated carbocycles. The molecule has 0 aliphatic heterocycles. The van der Waals surface area contributed by atoms with Gasteiger partial charge in [0.05, 0.1) is 17.6 Å². The summed E-state index contributed by atoms with van der Waals surface area (Å²) in [5.41, 5.74) is 0.412. The van der Waals surface area contributed by atoms with Crippen molar-refractivity contribution in [3.8, 4) is 11.5 Å². The van der Waals surface area contributed by atoms with E-state index in [2.05, 4.69) is 4.74 Å². The molecule has 0 aromatic heterocycles. The Morgan fingerprint density at radius 1 is 1.04 bits per heavy atom. The van der Waals surface area contributed by atoms with Crippen LogP contribution in [-0.4, -0.2) is 31.2 Å². The summed E-state index contributed by atoms with van der Waals surface area (Å²) >= 11 is 0. The summed E-state index contributed by atoms with van der Waals surface area (Å²) in [5, 5.41) is 10.5. The lowest BCUT2D eigenvalue weighted by molar-refractivity contribution is -0.384. The highest BCUT2D eigenvalue weighted by atomic mass is 16.6. The average molecular weight is 317 g/mol. The third kappa shape index (κ3) is 4.70. The number of nitro benzene ring substituents is 1. The summed E-state index contributed by atoms with van der Waals surface area (Å²) in [4.78, 5) is 21.5. The third-order valence-electron chi connectivity index (χ3n) is 2.92. The van der Waals surface area contributed by atoms with Gasteiger partial charge in [-0.1, -0.05) is 6.07 Å². The lowest BCUT2D eigenvalue weighted by atomic mass is 10.2. The predicted molar refractivity (Wildman–Crippen MR) is 81.9 cm³/mol. The van der Waals surface area contributed by atoms with Crippen LogP contribution >= 0.6 is 0 Å². The van der Waals surface area contributed by atoms with Crippen LogP contribution in [-0.2, 0) is 4.74 Å². The van der Waals surface area contributed by atoms with Crippen LogP contribution in [0.1, 0.15) is 10.4 Å². The number of carbonyl (C=O) groups is 1. The molecule has 2 aromatic rings. The summed E-state index contributed by atoms with van der Waals surface area (Å²) in [5.74, 6) is 0.611. The van der Waals surface area contributed by atoms with E-state index in [-0.39, 0.29) is 18.9 Å². The molecule has 2 aromatic carbocycles. The van der Waals surface area contributed by atoms with Crippen molar-refractivity contribution in [1.29, 1.82) is 0 Å². The smallest absolute Gasteiger partial charge is 0.337 e. The number of carbonyl (C=O) groups excluding carboxylic acids is 1. The molecule has 0 N–H and O–H groups in total. The van der Waals surface area contributed by atoms with E-state index in [1.807, 2.05) is 0 Å². The highest BCUT2D eigenvalue weighted by Gasteiger charge is 2.06. The van der Waals surface area contributed by atoms with Crippen molar-refractivity contribution in [3.05, 3.63) is 64.2 Å². The summed E-state index contributed by atoms with van der Waals surface area (Å²) in [6.07, 6.45) is 0. The Morgan fingerprint density at radius 3 is 2.30 bits per heavy atom. The molecule has 2 rings (SSSR count). The number of hydrogen-bond acceptors (Lipinski definition) is 6. The number of esters is 1. The van der Waals surface area contributed by atoms with Crippen LogP contribution in [0.15, 0.2) is 48.5 Å². The Balaban J connectivity index is 1.81. The molecule has 0 heterocycles. The molecule has 0 radical (unpaired) electrons. The normalized spacial score (nSPS) is 9.96. The average Bonchev–Trinajstić information content (AvgIpc) is 2.58. The first-order valence-corrected chi connectivity index (χ1v) is 6.78. The fourth-order valence-electron chi connectivity index (χ4n) is 1.81. The standard InChI is InChI=1S/C16H15NO6/c1-21-16(18)12-3-2-4-15(11-12)23-10-9-22-14-7-5-13(6-8-14)17(19)20/h2-8,11H,9-10H2,1H3. The molecule has 0 fully saturated rings. The van der Waals surface area contributed by atoms with Gasteiger partial charge in [0.15, 0.2) is 0 Å². The number of benzene rings is 2. The van der Waals surface area contributed by atoms with E-state index in [1.165, 1.54) is 31.4 Å². The van der Waals surface area contributed by atoms with E-state index in [0.29, 0.717) is 17.1 Å². The maximum Gasteiger partial charge on any atom is 0.337 e. The van der Waals surface area contributed by atoms with Gasteiger partial charge in [-0.25, -0.2) is 4.79 Å². The third-order valence-corrected chi connectivity index (χ3v) is 2.92. The number of rotatable bonds is 7. The van der Waals surface area contributed by atoms with Crippen LogP contribution in [0.5, 0.6) is 11.5 Å². The van der Waals surface area contributed by atoms with Gasteiger partial charge in [0.1, 0.15) is 24.7 Å². The second-order valence-corrected chi connectivity index (χ2v) is 4.47. The SMILES string of the molecule is COC(=O)c1cccc(OCCOc2ccc([N+](=O)[O-])cc2)c1. The Hall–Kier alpha value is -3.09. The van der Waals surface area contributed by atoms with E-state index < -0.39 is 10.9 Å². The monoisotopic (exact) mass is 317 g/mol. The van der Waals surface area contributed by atoms with Gasteiger partial charge in [-0.3, -0.25) is 10.1 Å². The second kappa shape index (κ2) is 7.79. The van der Waals surface area contributed by atoms with Gasteiger partial charge in [0, 0.05) is 12.1 Å². The molecule has 120 valence electrons. The molecule has 0 atom stereocenters. The van der Waals surface area contributed by atoms with Gasteiger partial charge in [-0.05, 0) is 30.3 Å². The van der Waals surface area contributed by atoms with E-state index in [0.717, 1.165) is 0 Å². The molecule has 23 heavy (non-hydrogen) atoms. The number of nitrogens with zero attached hydrogens (tertiary/aromatic N) is 1. The van der Waals surface area contributed by atoms with Crippen LogP contribution in [0.3, 0.4) is 0 Å². The number of hydrogen-bond donors (Lipinski definition) is 0. The van der Waals surface area contributed by atoms with Crippen molar-refractivity contribution < 1.29 is 23.9 Å². The van der Waals surface area contributed by atoms with Gasteiger partial charge >= 0.3 is 5.97 Å². The molecule has 0 spiro atoms. The summed E-state index contributed by atoms with van der Waals surface area (Å²) in [7, 11) is 1.31. The highest BCUT2D eigenvalue weighted by molar-refractivity contribution is 5.89. The molecule has 7 nitrogen and oxygen atoms in total. The van der Waals surface area contributed by atoms with Crippen molar-refractivity contribution in [3.63, 3.8) is 0 Å². The van der Waals surface area contributed by atoms with Crippen molar-refractivity contribution in [2.24, 2.45) is 0 Å². The van der Waals surface area contributed by atoms with E-state index in [9.17, 15) is 14.9 Å². The van der Waals surface area contributed by atoms with E-state index >= 15 is 0 Å². The topological polar surface area (TPSA) is 87.9 Å². The second-order valence-electron chi connectivity index (χ2n) is 4.47. The summed E-state index contributed by atoms with van der Waals surface area (Å²) in [6.45, 7) is 0.530. The molecular formula is C16H15NO6. The lowest BCUT2D eigenvalue weighted by Crippen LogP contribution is -2.09. The van der Waals surface area contributed by atoms with Crippen molar-refractivity contribution in [2.75, 3.05) is 20.3 Å². The van der Waals surface area contributed by atoms with Crippen LogP contribution in [0.2, 0.25) is 0 Å². The van der Waals surface area contributed by atoms with Gasteiger partial charge in [-0.2, -0.15) is 0 Å². The zero-order chi connectivity index (χ0) is 16.7. The zero-order valence-corrected chi connectivity index (χ0v) is 12.4. The first kappa shape index (κ1) is 16.3. The first-order valence-electron chi connectivity index (χ1n) is 6.78. The minimum absolute atomic E-state index is 0.00762. The maximum atomic E-state index is 11.4. The van der Waals surface area contributed by atoms with Crippen molar-refractivity contribution in [1.82, 2.24) is 0 Å². The zero-order valence-electron chi connectivity index (χ0n) is 12.4. The Bertz CT molecular complexity index is 683. The fourth-order valence-corrected chi connectivity index (χ4v) is 1.81. The van der Waals surface area contributed by atoms with E-state index in [4.69, 9.17) is 9.47 Å². The van der Waals surface area contributed by atoms with Gasteiger partial charge in [0.25, 0.3) is 5.69 Å². The number of methoxy groups -OCH3 is 1. The number of nitro groups is 1. The largest absolute Gasteiger partial charge is 0.490 e. The fraction of sp³-hybridized carbons (Fsp3) is 0.188. The Kier molecular flexibility index (Phi) is 5.51. The molecule has 0 aliphatic carbocycles.